The van der Waals surface area contributed by atoms with Gasteiger partial charge in [0, 0.05) is 0 Å². The summed E-state index contributed by atoms with van der Waals surface area (Å²) in [5, 5.41) is 2.14. The summed E-state index contributed by atoms with van der Waals surface area (Å²) < 4.78 is 1.51. The van der Waals surface area contributed by atoms with E-state index in [1.54, 1.807) is 5.57 Å². The van der Waals surface area contributed by atoms with Crippen LogP contribution in [0, 0.1) is 5.92 Å². The van der Waals surface area contributed by atoms with Crippen molar-refractivity contribution in [3.05, 3.63) is 70.8 Å². The molecule has 1 saturated carbocycles. The van der Waals surface area contributed by atoms with E-state index in [1.807, 2.05) is 12.1 Å². The standard InChI is InChI=1S/C17H15ClSe/c18-16-8-6-13(7-9-16)10-14-11-15(14)12-19-17-4-2-1-3-5-17/h1-10,15H,11-12H2/b14-10+. The van der Waals surface area contributed by atoms with Gasteiger partial charge in [-0.25, -0.2) is 0 Å². The first-order chi connectivity index (χ1) is 9.31. The van der Waals surface area contributed by atoms with Crippen LogP contribution in [-0.2, 0) is 0 Å². The van der Waals surface area contributed by atoms with Gasteiger partial charge in [0.25, 0.3) is 0 Å². The van der Waals surface area contributed by atoms with Gasteiger partial charge < -0.3 is 0 Å². The van der Waals surface area contributed by atoms with E-state index < -0.39 is 0 Å². The minimum atomic E-state index is 0.613. The Hall–Kier alpha value is -1.01. The summed E-state index contributed by atoms with van der Waals surface area (Å²) in [6.45, 7) is 0. The minimum absolute atomic E-state index is 0.613. The zero-order valence-corrected chi connectivity index (χ0v) is 13.0. The van der Waals surface area contributed by atoms with Crippen molar-refractivity contribution in [3.8, 4) is 0 Å². The van der Waals surface area contributed by atoms with Crippen LogP contribution in [0.25, 0.3) is 6.08 Å². The van der Waals surface area contributed by atoms with Crippen LogP contribution >= 0.6 is 11.6 Å². The average Bonchev–Trinajstić information content (AvgIpc) is 3.19. The third-order valence-electron chi connectivity index (χ3n) is 3.26. The monoisotopic (exact) mass is 334 g/mol. The molecule has 0 aliphatic heterocycles. The average molecular weight is 334 g/mol. The molecule has 2 aromatic carbocycles. The Labute approximate surface area is 125 Å². The Morgan fingerprint density at radius 2 is 1.79 bits per heavy atom. The molecule has 1 aliphatic rings. The molecule has 1 unspecified atom stereocenters. The molecule has 0 heterocycles. The molecule has 2 aromatic rings. The van der Waals surface area contributed by atoms with E-state index in [1.165, 1.54) is 21.8 Å². The van der Waals surface area contributed by atoms with E-state index in [-0.39, 0.29) is 0 Å². The van der Waals surface area contributed by atoms with Crippen LogP contribution in [0.5, 0.6) is 0 Å². The van der Waals surface area contributed by atoms with Crippen LogP contribution in [0.4, 0.5) is 0 Å². The predicted molar refractivity (Wildman–Crippen MR) is 84.2 cm³/mol. The van der Waals surface area contributed by atoms with Gasteiger partial charge in [0.1, 0.15) is 0 Å². The molecule has 1 atom stereocenters. The number of rotatable bonds is 4. The van der Waals surface area contributed by atoms with Crippen LogP contribution < -0.4 is 4.46 Å². The first-order valence-electron chi connectivity index (χ1n) is 6.45. The van der Waals surface area contributed by atoms with Crippen molar-refractivity contribution in [1.82, 2.24) is 0 Å². The molecular formula is C17H15ClSe. The quantitative estimate of drug-likeness (QED) is 0.736. The SMILES string of the molecule is Clc1ccc(/C=C2\CC2C[Se]c2ccccc2)cc1. The fourth-order valence-electron chi connectivity index (χ4n) is 2.05. The van der Waals surface area contributed by atoms with E-state index in [0.717, 1.165) is 10.9 Å². The third kappa shape index (κ3) is 3.73. The molecule has 0 aromatic heterocycles. The summed E-state index contributed by atoms with van der Waals surface area (Å²) >= 11 is 6.50. The van der Waals surface area contributed by atoms with Crippen LogP contribution in [0.15, 0.2) is 60.2 Å². The van der Waals surface area contributed by atoms with Gasteiger partial charge in [-0.05, 0) is 0 Å². The third-order valence-corrected chi connectivity index (χ3v) is 5.98. The fourth-order valence-corrected chi connectivity index (χ4v) is 4.44. The van der Waals surface area contributed by atoms with Crippen molar-refractivity contribution in [2.75, 3.05) is 0 Å². The molecular weight excluding hydrogens is 319 g/mol. The van der Waals surface area contributed by atoms with Crippen LogP contribution in [-0.4, -0.2) is 15.0 Å². The molecule has 0 amide bonds. The van der Waals surface area contributed by atoms with Crippen LogP contribution in [0.1, 0.15) is 12.0 Å². The number of hydrogen-bond acceptors (Lipinski definition) is 0. The summed E-state index contributed by atoms with van der Waals surface area (Å²) in [4.78, 5) is 0. The van der Waals surface area contributed by atoms with Gasteiger partial charge in [0.15, 0.2) is 0 Å². The molecule has 0 radical (unpaired) electrons. The Morgan fingerprint density at radius 3 is 2.53 bits per heavy atom. The van der Waals surface area contributed by atoms with Gasteiger partial charge in [0.2, 0.25) is 0 Å². The van der Waals surface area contributed by atoms with Crippen LogP contribution in [0.3, 0.4) is 0 Å². The second kappa shape index (κ2) is 5.96. The number of allylic oxidation sites excluding steroid dienone is 1. The van der Waals surface area contributed by atoms with Crippen molar-refractivity contribution in [2.24, 2.45) is 5.92 Å². The molecule has 3 rings (SSSR count). The first-order valence-corrected chi connectivity index (χ1v) is 8.90. The second-order valence-corrected chi connectivity index (χ2v) is 7.53. The maximum atomic E-state index is 5.89. The zero-order valence-electron chi connectivity index (χ0n) is 10.6. The molecule has 0 bridgehead atoms. The van der Waals surface area contributed by atoms with Crippen molar-refractivity contribution >= 4 is 37.1 Å². The Bertz CT molecular complexity index is 572. The van der Waals surface area contributed by atoms with E-state index in [9.17, 15) is 0 Å². The molecule has 96 valence electrons. The number of halogens is 1. The van der Waals surface area contributed by atoms with Crippen molar-refractivity contribution in [3.63, 3.8) is 0 Å². The van der Waals surface area contributed by atoms with Gasteiger partial charge in [-0.15, -0.1) is 0 Å². The van der Waals surface area contributed by atoms with Gasteiger partial charge in [-0.3, -0.25) is 0 Å². The van der Waals surface area contributed by atoms with Gasteiger partial charge in [-0.1, -0.05) is 0 Å². The van der Waals surface area contributed by atoms with Gasteiger partial charge in [-0.2, -0.15) is 0 Å². The fraction of sp³-hybridized carbons (Fsp3) is 0.176. The summed E-state index contributed by atoms with van der Waals surface area (Å²) in [6, 6.07) is 18.9. The van der Waals surface area contributed by atoms with E-state index >= 15 is 0 Å². The Kier molecular flexibility index (Phi) is 4.08. The molecule has 0 spiro atoms. The van der Waals surface area contributed by atoms with Crippen molar-refractivity contribution in [1.29, 1.82) is 0 Å². The van der Waals surface area contributed by atoms with Crippen LogP contribution in [0.2, 0.25) is 10.3 Å². The van der Waals surface area contributed by atoms with Gasteiger partial charge >= 0.3 is 126 Å². The molecule has 1 aliphatic carbocycles. The maximum absolute atomic E-state index is 5.89. The molecule has 0 nitrogen and oxygen atoms in total. The Balaban J connectivity index is 1.55. The summed E-state index contributed by atoms with van der Waals surface area (Å²) in [6.07, 6.45) is 3.60. The van der Waals surface area contributed by atoms with E-state index in [0.29, 0.717) is 15.0 Å². The predicted octanol–water partition coefficient (Wildman–Crippen LogP) is 4.19. The number of benzene rings is 2. The molecule has 0 N–H and O–H groups in total. The van der Waals surface area contributed by atoms with Crippen molar-refractivity contribution < 1.29 is 0 Å². The van der Waals surface area contributed by atoms with E-state index in [4.69, 9.17) is 11.6 Å². The molecule has 1 fully saturated rings. The Morgan fingerprint density at radius 1 is 1.05 bits per heavy atom. The van der Waals surface area contributed by atoms with E-state index in [2.05, 4.69) is 48.5 Å². The summed E-state index contributed by atoms with van der Waals surface area (Å²) in [7, 11) is 0. The first kappa shape index (κ1) is 13.0. The summed E-state index contributed by atoms with van der Waals surface area (Å²) in [5.41, 5.74) is 2.87. The second-order valence-electron chi connectivity index (χ2n) is 4.80. The molecule has 19 heavy (non-hydrogen) atoms. The van der Waals surface area contributed by atoms with Gasteiger partial charge in [0.05, 0.1) is 0 Å². The topological polar surface area (TPSA) is 0 Å². The zero-order chi connectivity index (χ0) is 13.1. The van der Waals surface area contributed by atoms with Crippen molar-refractivity contribution in [2.45, 2.75) is 11.7 Å². The molecule has 0 saturated heterocycles. The normalized spacial score (nSPS) is 19.6. The number of hydrogen-bond donors (Lipinski definition) is 0. The summed E-state index contributed by atoms with van der Waals surface area (Å²) in [5.74, 6) is 0.816. The molecule has 2 heteroatoms.